The van der Waals surface area contributed by atoms with E-state index in [4.69, 9.17) is 25.6 Å². The van der Waals surface area contributed by atoms with E-state index in [1.54, 1.807) is 31.4 Å². The second-order valence-electron chi connectivity index (χ2n) is 9.41. The molecule has 0 radical (unpaired) electrons. The molecule has 1 aliphatic heterocycles. The fourth-order valence-corrected chi connectivity index (χ4v) is 5.40. The highest BCUT2D eigenvalue weighted by molar-refractivity contribution is 6.30. The molecule has 1 saturated carbocycles. The monoisotopic (exact) mass is 418 g/mol. The van der Waals surface area contributed by atoms with Crippen LogP contribution in [0.15, 0.2) is 28.8 Å². The topological polar surface area (TPSA) is 64.8 Å². The van der Waals surface area contributed by atoms with E-state index in [1.807, 2.05) is 4.90 Å². The third kappa shape index (κ3) is 4.08. The van der Waals surface area contributed by atoms with Gasteiger partial charge in [-0.3, -0.25) is 4.79 Å². The molecule has 4 rings (SSSR count). The lowest BCUT2D eigenvalue weighted by molar-refractivity contribution is 0.0697. The van der Waals surface area contributed by atoms with Crippen LogP contribution < -0.4 is 9.47 Å². The molecule has 2 heterocycles. The standard InChI is InChI=1S/C22H27ClN2O4/c1-21(2)9-15-10-22(3,12-21)13-25(15)20(26)17-8-16(29-24-17)11-28-18-6-5-14(23)7-19(18)27-4/h5-8,15H,9-13H2,1-4H3/t15-,22-/m1/s1. The SMILES string of the molecule is COc1cc(Cl)ccc1OCc1cc(C(=O)N2C[C@]3(C)C[C@H]2CC(C)(C)C3)no1. The average Bonchev–Trinajstić information content (AvgIpc) is 3.21. The minimum atomic E-state index is -0.0597. The van der Waals surface area contributed by atoms with Crippen molar-refractivity contribution in [2.75, 3.05) is 13.7 Å². The van der Waals surface area contributed by atoms with E-state index in [2.05, 4.69) is 25.9 Å². The molecule has 7 heteroatoms. The second kappa shape index (κ2) is 7.24. The van der Waals surface area contributed by atoms with Crippen LogP contribution in [0.3, 0.4) is 0 Å². The van der Waals surface area contributed by atoms with E-state index in [9.17, 15) is 4.79 Å². The van der Waals surface area contributed by atoms with Crippen molar-refractivity contribution in [1.29, 1.82) is 0 Å². The molecule has 0 N–H and O–H groups in total. The summed E-state index contributed by atoms with van der Waals surface area (Å²) in [6.07, 6.45) is 3.23. The van der Waals surface area contributed by atoms with Gasteiger partial charge in [-0.05, 0) is 42.2 Å². The predicted octanol–water partition coefficient (Wildman–Crippen LogP) is 4.96. The van der Waals surface area contributed by atoms with Gasteiger partial charge in [-0.2, -0.15) is 0 Å². The van der Waals surface area contributed by atoms with E-state index in [-0.39, 0.29) is 29.4 Å². The highest BCUT2D eigenvalue weighted by Gasteiger charge is 2.51. The zero-order valence-corrected chi connectivity index (χ0v) is 18.1. The molecule has 6 nitrogen and oxygen atoms in total. The third-order valence-electron chi connectivity index (χ3n) is 5.95. The molecule has 1 aliphatic carbocycles. The van der Waals surface area contributed by atoms with Gasteiger partial charge in [0.25, 0.3) is 5.91 Å². The first kappa shape index (κ1) is 20.1. The van der Waals surface area contributed by atoms with Gasteiger partial charge in [0.2, 0.25) is 0 Å². The number of nitrogens with zero attached hydrogens (tertiary/aromatic N) is 2. The van der Waals surface area contributed by atoms with Crippen molar-refractivity contribution in [2.24, 2.45) is 10.8 Å². The highest BCUT2D eigenvalue weighted by Crippen LogP contribution is 2.52. The Morgan fingerprint density at radius 1 is 1.28 bits per heavy atom. The lowest BCUT2D eigenvalue weighted by Crippen LogP contribution is -2.37. The summed E-state index contributed by atoms with van der Waals surface area (Å²) in [5, 5.41) is 4.57. The van der Waals surface area contributed by atoms with Gasteiger partial charge in [-0.1, -0.05) is 37.5 Å². The number of halogens is 1. The maximum atomic E-state index is 13.1. The zero-order valence-electron chi connectivity index (χ0n) is 17.3. The maximum absolute atomic E-state index is 13.1. The molecule has 1 aromatic heterocycles. The first-order chi connectivity index (χ1) is 13.7. The zero-order chi connectivity index (χ0) is 20.8. The molecule has 2 aromatic rings. The van der Waals surface area contributed by atoms with E-state index in [1.165, 1.54) is 0 Å². The first-order valence-electron chi connectivity index (χ1n) is 9.91. The minimum absolute atomic E-state index is 0.0597. The van der Waals surface area contributed by atoms with Crippen molar-refractivity contribution in [3.05, 3.63) is 40.7 Å². The number of methoxy groups -OCH3 is 1. The van der Waals surface area contributed by atoms with Gasteiger partial charge < -0.3 is 18.9 Å². The molecule has 2 fully saturated rings. The molecule has 0 spiro atoms. The maximum Gasteiger partial charge on any atom is 0.276 e. The lowest BCUT2D eigenvalue weighted by atomic mass is 9.65. The normalized spacial score (nSPS) is 25.1. The van der Waals surface area contributed by atoms with Gasteiger partial charge in [0.15, 0.2) is 23.0 Å². The Balaban J connectivity index is 1.44. The molecule has 2 aliphatic rings. The number of carbonyl (C=O) groups is 1. The Hall–Kier alpha value is -2.21. The molecule has 1 saturated heterocycles. The van der Waals surface area contributed by atoms with Crippen LogP contribution in [0.4, 0.5) is 0 Å². The van der Waals surface area contributed by atoms with Gasteiger partial charge in [-0.25, -0.2) is 0 Å². The molecule has 2 atom stereocenters. The van der Waals surface area contributed by atoms with Gasteiger partial charge >= 0.3 is 0 Å². The van der Waals surface area contributed by atoms with E-state index in [0.29, 0.717) is 28.0 Å². The number of hydrogen-bond acceptors (Lipinski definition) is 5. The second-order valence-corrected chi connectivity index (χ2v) is 9.85. The smallest absolute Gasteiger partial charge is 0.276 e. The van der Waals surface area contributed by atoms with Gasteiger partial charge in [-0.15, -0.1) is 0 Å². The summed E-state index contributed by atoms with van der Waals surface area (Å²) in [5.41, 5.74) is 0.774. The average molecular weight is 419 g/mol. The quantitative estimate of drug-likeness (QED) is 0.686. The van der Waals surface area contributed by atoms with Crippen LogP contribution in [0.2, 0.25) is 5.02 Å². The van der Waals surface area contributed by atoms with Crippen LogP contribution in [-0.4, -0.2) is 35.7 Å². The summed E-state index contributed by atoms with van der Waals surface area (Å²) >= 11 is 5.97. The lowest BCUT2D eigenvalue weighted by Gasteiger charge is -2.39. The van der Waals surface area contributed by atoms with Crippen LogP contribution in [0, 0.1) is 10.8 Å². The van der Waals surface area contributed by atoms with Crippen molar-refractivity contribution >= 4 is 17.5 Å². The number of carbonyl (C=O) groups excluding carboxylic acids is 1. The van der Waals surface area contributed by atoms with Crippen LogP contribution in [-0.2, 0) is 6.61 Å². The molecule has 156 valence electrons. The summed E-state index contributed by atoms with van der Waals surface area (Å²) in [4.78, 5) is 15.1. The molecule has 29 heavy (non-hydrogen) atoms. The fraction of sp³-hybridized carbons (Fsp3) is 0.545. The van der Waals surface area contributed by atoms with Crippen LogP contribution in [0.25, 0.3) is 0 Å². The third-order valence-corrected chi connectivity index (χ3v) is 6.18. The molecular formula is C22H27ClN2O4. The number of fused-ring (bicyclic) bond motifs is 2. The molecule has 1 aromatic carbocycles. The number of likely N-dealkylation sites (tertiary alicyclic amines) is 1. The van der Waals surface area contributed by atoms with E-state index >= 15 is 0 Å². The fourth-order valence-electron chi connectivity index (χ4n) is 5.24. The summed E-state index contributed by atoms with van der Waals surface area (Å²) in [5.74, 6) is 1.51. The molecule has 1 amide bonds. The highest BCUT2D eigenvalue weighted by atomic mass is 35.5. The number of ether oxygens (including phenoxy) is 2. The molecular weight excluding hydrogens is 392 g/mol. The number of amides is 1. The van der Waals surface area contributed by atoms with E-state index in [0.717, 1.165) is 25.8 Å². The van der Waals surface area contributed by atoms with Crippen molar-refractivity contribution in [2.45, 2.75) is 52.7 Å². The number of benzene rings is 1. The van der Waals surface area contributed by atoms with Crippen molar-refractivity contribution in [1.82, 2.24) is 10.1 Å². The summed E-state index contributed by atoms with van der Waals surface area (Å²) in [6.45, 7) is 7.80. The summed E-state index contributed by atoms with van der Waals surface area (Å²) < 4.78 is 16.4. The minimum Gasteiger partial charge on any atom is -0.493 e. The Bertz CT molecular complexity index is 925. The van der Waals surface area contributed by atoms with Gasteiger partial charge in [0.05, 0.1) is 7.11 Å². The predicted molar refractivity (Wildman–Crippen MR) is 109 cm³/mol. The van der Waals surface area contributed by atoms with Crippen molar-refractivity contribution in [3.63, 3.8) is 0 Å². The van der Waals surface area contributed by atoms with Crippen LogP contribution in [0.5, 0.6) is 11.5 Å². The Labute approximate surface area is 176 Å². The van der Waals surface area contributed by atoms with Crippen LogP contribution >= 0.6 is 11.6 Å². The summed E-state index contributed by atoms with van der Waals surface area (Å²) in [7, 11) is 1.55. The van der Waals surface area contributed by atoms with Crippen molar-refractivity contribution < 1.29 is 18.8 Å². The first-order valence-corrected chi connectivity index (χ1v) is 10.3. The summed E-state index contributed by atoms with van der Waals surface area (Å²) in [6, 6.07) is 7.07. The Morgan fingerprint density at radius 2 is 2.07 bits per heavy atom. The van der Waals surface area contributed by atoms with Gasteiger partial charge in [0, 0.05) is 29.7 Å². The van der Waals surface area contributed by atoms with Crippen molar-refractivity contribution in [3.8, 4) is 11.5 Å². The molecule has 2 bridgehead atoms. The van der Waals surface area contributed by atoms with E-state index < -0.39 is 0 Å². The number of aromatic nitrogens is 1. The number of hydrogen-bond donors (Lipinski definition) is 0. The van der Waals surface area contributed by atoms with Gasteiger partial charge in [0.1, 0.15) is 6.61 Å². The number of rotatable bonds is 5. The Morgan fingerprint density at radius 3 is 2.83 bits per heavy atom. The largest absolute Gasteiger partial charge is 0.493 e. The Kier molecular flexibility index (Phi) is 5.01. The molecule has 0 unspecified atom stereocenters. The van der Waals surface area contributed by atoms with Crippen LogP contribution in [0.1, 0.15) is 56.3 Å².